The molecular weight excluding hydrogens is 134 g/mol. The molecule has 0 aromatic rings. The van der Waals surface area contributed by atoms with E-state index >= 15 is 0 Å². The van der Waals surface area contributed by atoms with Crippen LogP contribution in [-0.2, 0) is 9.47 Å². The summed E-state index contributed by atoms with van der Waals surface area (Å²) in [5, 5.41) is 9.25. The third-order valence-electron chi connectivity index (χ3n) is 1.80. The van der Waals surface area contributed by atoms with Crippen LogP contribution in [0, 0.1) is 0 Å². The molecule has 0 bridgehead atoms. The minimum absolute atomic E-state index is 0.125. The van der Waals surface area contributed by atoms with Gasteiger partial charge < -0.3 is 20.3 Å². The lowest BCUT2D eigenvalue weighted by Crippen LogP contribution is -2.39. The van der Waals surface area contributed by atoms with Gasteiger partial charge in [-0.15, -0.1) is 0 Å². The van der Waals surface area contributed by atoms with E-state index in [0.29, 0.717) is 0 Å². The predicted octanol–water partition coefficient (Wildman–Crippen LogP) is -0.934. The molecule has 4 heteroatoms. The topological polar surface area (TPSA) is 64.7 Å². The van der Waals surface area contributed by atoms with Gasteiger partial charge in [0.1, 0.15) is 6.10 Å². The van der Waals surface area contributed by atoms with Gasteiger partial charge in [-0.3, -0.25) is 0 Å². The highest BCUT2D eigenvalue weighted by Gasteiger charge is 2.38. The Labute approximate surface area is 59.9 Å². The lowest BCUT2D eigenvalue weighted by atomic mass is 10.1. The van der Waals surface area contributed by atoms with E-state index in [4.69, 9.17) is 15.2 Å². The summed E-state index contributed by atoms with van der Waals surface area (Å²) in [5.74, 6) is 0. The molecule has 1 fully saturated rings. The highest BCUT2D eigenvalue weighted by atomic mass is 16.7. The number of hydrogen-bond donors (Lipinski definition) is 2. The molecule has 0 aliphatic carbocycles. The molecule has 1 aliphatic heterocycles. The summed E-state index contributed by atoms with van der Waals surface area (Å²) in [7, 11) is 1.48. The number of hydrogen-bond acceptors (Lipinski definition) is 4. The fourth-order valence-corrected chi connectivity index (χ4v) is 1.04. The summed E-state index contributed by atoms with van der Waals surface area (Å²) in [4.78, 5) is 0. The van der Waals surface area contributed by atoms with Crippen molar-refractivity contribution in [2.75, 3.05) is 7.11 Å². The molecule has 3 N–H and O–H groups in total. The van der Waals surface area contributed by atoms with Gasteiger partial charge in [0.15, 0.2) is 6.29 Å². The van der Waals surface area contributed by atoms with Crippen LogP contribution >= 0.6 is 0 Å². The molecule has 1 rings (SSSR count). The van der Waals surface area contributed by atoms with Crippen LogP contribution in [0.2, 0.25) is 0 Å². The molecule has 0 aromatic carbocycles. The standard InChI is InChI=1S/C6H13NO3/c1-3-4(7)5(8)6(9-2)10-3/h3-6,8H,7H2,1-2H3/t3-,4+,5-,6-/m1/s1. The Balaban J connectivity index is 2.53. The van der Waals surface area contributed by atoms with E-state index in [1.807, 2.05) is 6.92 Å². The minimum Gasteiger partial charge on any atom is -0.386 e. The largest absolute Gasteiger partial charge is 0.386 e. The van der Waals surface area contributed by atoms with Crippen LogP contribution in [0.15, 0.2) is 0 Å². The smallest absolute Gasteiger partial charge is 0.185 e. The quantitative estimate of drug-likeness (QED) is 0.502. The second-order valence-electron chi connectivity index (χ2n) is 2.51. The molecule has 0 saturated carbocycles. The van der Waals surface area contributed by atoms with Gasteiger partial charge in [-0.1, -0.05) is 0 Å². The lowest BCUT2D eigenvalue weighted by molar-refractivity contribution is -0.145. The van der Waals surface area contributed by atoms with Crippen molar-refractivity contribution in [2.45, 2.75) is 31.5 Å². The molecule has 0 radical (unpaired) electrons. The van der Waals surface area contributed by atoms with E-state index < -0.39 is 12.4 Å². The van der Waals surface area contributed by atoms with Gasteiger partial charge in [0.2, 0.25) is 0 Å². The molecule has 10 heavy (non-hydrogen) atoms. The number of rotatable bonds is 1. The second-order valence-corrected chi connectivity index (χ2v) is 2.51. The molecule has 4 atom stereocenters. The first-order valence-electron chi connectivity index (χ1n) is 3.28. The average molecular weight is 147 g/mol. The molecule has 0 unspecified atom stereocenters. The summed E-state index contributed by atoms with van der Waals surface area (Å²) in [6.45, 7) is 1.81. The highest BCUT2D eigenvalue weighted by molar-refractivity contribution is 4.87. The number of aliphatic hydroxyl groups is 1. The zero-order valence-corrected chi connectivity index (χ0v) is 6.15. The molecule has 60 valence electrons. The first-order chi connectivity index (χ1) is 4.66. The van der Waals surface area contributed by atoms with Gasteiger partial charge in [-0.2, -0.15) is 0 Å². The van der Waals surface area contributed by atoms with Gasteiger partial charge in [-0.05, 0) is 6.92 Å². The minimum atomic E-state index is -0.694. The van der Waals surface area contributed by atoms with Crippen LogP contribution in [0.25, 0.3) is 0 Å². The second kappa shape index (κ2) is 2.84. The van der Waals surface area contributed by atoms with Crippen molar-refractivity contribution in [2.24, 2.45) is 5.73 Å². The van der Waals surface area contributed by atoms with Gasteiger partial charge in [0.05, 0.1) is 12.1 Å². The monoisotopic (exact) mass is 147 g/mol. The summed E-state index contributed by atoms with van der Waals surface area (Å²) in [5.41, 5.74) is 5.53. The van der Waals surface area contributed by atoms with Crippen LogP contribution < -0.4 is 5.73 Å². The van der Waals surface area contributed by atoms with Crippen molar-refractivity contribution >= 4 is 0 Å². The van der Waals surface area contributed by atoms with E-state index in [0.717, 1.165) is 0 Å². The zero-order valence-electron chi connectivity index (χ0n) is 6.15. The van der Waals surface area contributed by atoms with Crippen molar-refractivity contribution in [3.05, 3.63) is 0 Å². The zero-order chi connectivity index (χ0) is 7.72. The third kappa shape index (κ3) is 1.15. The van der Waals surface area contributed by atoms with E-state index in [-0.39, 0.29) is 12.1 Å². The maximum absolute atomic E-state index is 9.25. The lowest BCUT2D eigenvalue weighted by Gasteiger charge is -2.11. The molecule has 4 nitrogen and oxygen atoms in total. The van der Waals surface area contributed by atoms with Gasteiger partial charge >= 0.3 is 0 Å². The Kier molecular flexibility index (Phi) is 2.25. The first kappa shape index (κ1) is 7.94. The van der Waals surface area contributed by atoms with Crippen molar-refractivity contribution in [1.29, 1.82) is 0 Å². The van der Waals surface area contributed by atoms with Crippen molar-refractivity contribution in [3.63, 3.8) is 0 Å². The Morgan fingerprint density at radius 1 is 1.60 bits per heavy atom. The normalized spacial score (nSPS) is 48.0. The maximum atomic E-state index is 9.25. The van der Waals surface area contributed by atoms with Crippen molar-refractivity contribution < 1.29 is 14.6 Å². The molecular formula is C6H13NO3. The van der Waals surface area contributed by atoms with Crippen molar-refractivity contribution in [1.82, 2.24) is 0 Å². The molecule has 1 saturated heterocycles. The number of aliphatic hydroxyl groups excluding tert-OH is 1. The Morgan fingerprint density at radius 2 is 2.20 bits per heavy atom. The summed E-state index contributed by atoms with van der Waals surface area (Å²) in [6, 6.07) is -0.329. The number of methoxy groups -OCH3 is 1. The molecule has 0 aromatic heterocycles. The predicted molar refractivity (Wildman–Crippen MR) is 35.3 cm³/mol. The Morgan fingerprint density at radius 3 is 2.40 bits per heavy atom. The summed E-state index contributed by atoms with van der Waals surface area (Å²) in [6.07, 6.45) is -1.37. The van der Waals surface area contributed by atoms with Crippen LogP contribution in [0.1, 0.15) is 6.92 Å². The third-order valence-corrected chi connectivity index (χ3v) is 1.80. The Hall–Kier alpha value is -0.160. The fourth-order valence-electron chi connectivity index (χ4n) is 1.04. The fraction of sp³-hybridized carbons (Fsp3) is 1.00. The first-order valence-corrected chi connectivity index (χ1v) is 3.28. The summed E-state index contributed by atoms with van der Waals surface area (Å²) < 4.78 is 9.95. The van der Waals surface area contributed by atoms with Crippen molar-refractivity contribution in [3.8, 4) is 0 Å². The highest BCUT2D eigenvalue weighted by Crippen LogP contribution is 2.18. The van der Waals surface area contributed by atoms with Crippen LogP contribution in [-0.4, -0.2) is 36.8 Å². The summed E-state index contributed by atoms with van der Waals surface area (Å²) >= 11 is 0. The average Bonchev–Trinajstić information content (AvgIpc) is 2.17. The van der Waals surface area contributed by atoms with E-state index in [2.05, 4.69) is 0 Å². The van der Waals surface area contributed by atoms with E-state index in [1.165, 1.54) is 7.11 Å². The van der Waals surface area contributed by atoms with E-state index in [1.54, 1.807) is 0 Å². The molecule has 0 spiro atoms. The van der Waals surface area contributed by atoms with Crippen LogP contribution in [0.4, 0.5) is 0 Å². The van der Waals surface area contributed by atoms with Crippen LogP contribution in [0.3, 0.4) is 0 Å². The molecule has 1 aliphatic rings. The molecule has 1 heterocycles. The molecule has 0 amide bonds. The van der Waals surface area contributed by atoms with E-state index in [9.17, 15) is 5.11 Å². The maximum Gasteiger partial charge on any atom is 0.185 e. The van der Waals surface area contributed by atoms with Gasteiger partial charge in [0.25, 0.3) is 0 Å². The van der Waals surface area contributed by atoms with Gasteiger partial charge in [0, 0.05) is 7.11 Å². The SMILES string of the molecule is CO[C@@H]1O[C@H](C)[C@H](N)[C@H]1O. The number of nitrogens with two attached hydrogens (primary N) is 1. The van der Waals surface area contributed by atoms with Gasteiger partial charge in [-0.25, -0.2) is 0 Å². The number of ether oxygens (including phenoxy) is 2. The van der Waals surface area contributed by atoms with Crippen LogP contribution in [0.5, 0.6) is 0 Å². The Bertz CT molecular complexity index is 120.